The molecule has 0 aliphatic heterocycles. The van der Waals surface area contributed by atoms with Crippen LogP contribution in [0.15, 0.2) is 60.7 Å². The summed E-state index contributed by atoms with van der Waals surface area (Å²) in [5, 5.41) is 16.3. The van der Waals surface area contributed by atoms with E-state index in [1.54, 1.807) is 45.5 Å². The number of methoxy groups -OCH3 is 2. The quantitative estimate of drug-likeness (QED) is 0.418. The molecule has 3 N–H and O–H groups in total. The molecule has 0 bridgehead atoms. The maximum atomic E-state index is 12.8. The van der Waals surface area contributed by atoms with Gasteiger partial charge in [-0.05, 0) is 30.3 Å². The number of hydrogen-bond acceptors (Lipinski definition) is 7. The summed E-state index contributed by atoms with van der Waals surface area (Å²) in [6.45, 7) is 0. The number of carbonyl (C=O) groups is 1. The number of nitrogens with one attached hydrogen (secondary N) is 2. The minimum Gasteiger partial charge on any atom is -0.508 e. The molecule has 1 aromatic heterocycles. The zero-order valence-electron chi connectivity index (χ0n) is 17.8. The lowest BCUT2D eigenvalue weighted by atomic mass is 10.0. The van der Waals surface area contributed by atoms with E-state index >= 15 is 0 Å². The predicted molar refractivity (Wildman–Crippen MR) is 124 cm³/mol. The number of aromatic hydroxyl groups is 1. The summed E-state index contributed by atoms with van der Waals surface area (Å²) in [5.74, 6) is 1.20. The van der Waals surface area contributed by atoms with Gasteiger partial charge < -0.3 is 25.2 Å². The Morgan fingerprint density at radius 2 is 1.69 bits per heavy atom. The summed E-state index contributed by atoms with van der Waals surface area (Å²) in [4.78, 5) is 22.0. The van der Waals surface area contributed by atoms with E-state index in [0.29, 0.717) is 45.5 Å². The minimum absolute atomic E-state index is 0.0208. The van der Waals surface area contributed by atoms with Crippen LogP contribution in [0.1, 0.15) is 10.4 Å². The summed E-state index contributed by atoms with van der Waals surface area (Å²) in [5.41, 5.74) is 2.89. The van der Waals surface area contributed by atoms with Gasteiger partial charge in [-0.3, -0.25) is 4.79 Å². The van der Waals surface area contributed by atoms with Gasteiger partial charge in [-0.15, -0.1) is 0 Å². The van der Waals surface area contributed by atoms with Gasteiger partial charge in [0.15, 0.2) is 11.5 Å². The molecular formula is C24H22N4O4. The number of phenolic OH excluding ortho intramolecular Hbond substituents is 1. The molecule has 0 aliphatic carbocycles. The second-order valence-electron chi connectivity index (χ2n) is 6.92. The molecule has 0 aliphatic rings. The molecule has 0 radical (unpaired) electrons. The van der Waals surface area contributed by atoms with E-state index in [1.807, 2.05) is 24.3 Å². The van der Waals surface area contributed by atoms with Gasteiger partial charge in [0.25, 0.3) is 5.91 Å². The van der Waals surface area contributed by atoms with Gasteiger partial charge >= 0.3 is 0 Å². The Balaban J connectivity index is 1.86. The Bertz CT molecular complexity index is 1310. The van der Waals surface area contributed by atoms with Gasteiger partial charge in [-0.1, -0.05) is 24.3 Å². The summed E-state index contributed by atoms with van der Waals surface area (Å²) in [6, 6.07) is 17.1. The topological polar surface area (TPSA) is 106 Å². The van der Waals surface area contributed by atoms with Crippen molar-refractivity contribution in [1.82, 2.24) is 9.97 Å². The molecule has 4 aromatic rings. The molecule has 32 heavy (non-hydrogen) atoms. The number of rotatable bonds is 6. The van der Waals surface area contributed by atoms with Gasteiger partial charge in [0.2, 0.25) is 5.95 Å². The molecule has 0 saturated heterocycles. The smallest absolute Gasteiger partial charge is 0.255 e. The minimum atomic E-state index is -0.347. The van der Waals surface area contributed by atoms with Crippen molar-refractivity contribution in [2.24, 2.45) is 0 Å². The molecule has 162 valence electrons. The fraction of sp³-hybridized carbons (Fsp3) is 0.125. The van der Waals surface area contributed by atoms with Gasteiger partial charge in [-0.2, -0.15) is 0 Å². The number of aromatic nitrogens is 2. The van der Waals surface area contributed by atoms with Crippen molar-refractivity contribution >= 4 is 28.4 Å². The average Bonchev–Trinajstić information content (AvgIpc) is 2.82. The number of para-hydroxylation sites is 1. The second-order valence-corrected chi connectivity index (χ2v) is 6.92. The van der Waals surface area contributed by atoms with Crippen molar-refractivity contribution in [2.75, 3.05) is 31.9 Å². The third kappa shape index (κ3) is 3.98. The first-order valence-corrected chi connectivity index (χ1v) is 9.85. The van der Waals surface area contributed by atoms with Crippen LogP contribution in [0.4, 0.5) is 11.6 Å². The maximum Gasteiger partial charge on any atom is 0.255 e. The van der Waals surface area contributed by atoms with Gasteiger partial charge in [0.1, 0.15) is 5.75 Å². The standard InChI is InChI=1S/C24H22N4O4/c1-25-24-27-19-13-21(32-3)20(31-2)12-17(19)22(28-24)16-9-4-5-10-18(16)26-23(30)14-7-6-8-15(29)11-14/h4-13,29H,1-3H3,(H,26,30)(H,25,27,28). The third-order valence-corrected chi connectivity index (χ3v) is 4.96. The first kappa shape index (κ1) is 20.9. The fourth-order valence-corrected chi connectivity index (χ4v) is 3.41. The predicted octanol–water partition coefficient (Wildman–Crippen LogP) is 4.31. The van der Waals surface area contributed by atoms with Gasteiger partial charge in [-0.25, -0.2) is 9.97 Å². The number of ether oxygens (including phenoxy) is 2. The van der Waals surface area contributed by atoms with Crippen molar-refractivity contribution in [2.45, 2.75) is 0 Å². The number of fused-ring (bicyclic) bond motifs is 1. The van der Waals surface area contributed by atoms with Crippen LogP contribution in [-0.2, 0) is 0 Å². The van der Waals surface area contributed by atoms with Gasteiger partial charge in [0, 0.05) is 29.6 Å². The molecule has 3 aromatic carbocycles. The number of carbonyl (C=O) groups excluding carboxylic acids is 1. The second kappa shape index (κ2) is 8.81. The number of benzene rings is 3. The first-order chi connectivity index (χ1) is 15.5. The number of phenols is 1. The molecule has 8 nitrogen and oxygen atoms in total. The molecular weight excluding hydrogens is 408 g/mol. The fourth-order valence-electron chi connectivity index (χ4n) is 3.41. The molecule has 1 amide bonds. The van der Waals surface area contributed by atoms with Crippen LogP contribution in [0.2, 0.25) is 0 Å². The van der Waals surface area contributed by atoms with Crippen LogP contribution >= 0.6 is 0 Å². The first-order valence-electron chi connectivity index (χ1n) is 9.85. The van der Waals surface area contributed by atoms with Crippen LogP contribution in [0.25, 0.3) is 22.2 Å². The Morgan fingerprint density at radius 3 is 2.41 bits per heavy atom. The van der Waals surface area contributed by atoms with E-state index in [2.05, 4.69) is 20.6 Å². The zero-order chi connectivity index (χ0) is 22.7. The number of amides is 1. The highest BCUT2D eigenvalue weighted by molar-refractivity contribution is 6.08. The molecule has 0 unspecified atom stereocenters. The van der Waals surface area contributed by atoms with Crippen molar-refractivity contribution in [3.63, 3.8) is 0 Å². The molecule has 0 atom stereocenters. The zero-order valence-corrected chi connectivity index (χ0v) is 17.8. The number of anilines is 2. The van der Waals surface area contributed by atoms with E-state index in [-0.39, 0.29) is 11.7 Å². The highest BCUT2D eigenvalue weighted by Crippen LogP contribution is 2.38. The average molecular weight is 430 g/mol. The summed E-state index contributed by atoms with van der Waals surface area (Å²) < 4.78 is 10.9. The van der Waals surface area contributed by atoms with E-state index < -0.39 is 0 Å². The summed E-state index contributed by atoms with van der Waals surface area (Å²) in [7, 11) is 4.87. The molecule has 1 heterocycles. The van der Waals surface area contributed by atoms with Crippen LogP contribution in [-0.4, -0.2) is 42.2 Å². The van der Waals surface area contributed by atoms with Crippen LogP contribution in [0.3, 0.4) is 0 Å². The molecule has 0 spiro atoms. The van der Waals surface area contributed by atoms with E-state index in [1.165, 1.54) is 12.1 Å². The van der Waals surface area contributed by atoms with E-state index in [9.17, 15) is 9.90 Å². The van der Waals surface area contributed by atoms with Crippen LogP contribution < -0.4 is 20.1 Å². The van der Waals surface area contributed by atoms with Crippen molar-refractivity contribution in [3.05, 3.63) is 66.2 Å². The molecule has 0 saturated carbocycles. The highest BCUT2D eigenvalue weighted by atomic mass is 16.5. The Labute approximate surface area is 184 Å². The summed E-state index contributed by atoms with van der Waals surface area (Å²) in [6.07, 6.45) is 0. The largest absolute Gasteiger partial charge is 0.508 e. The van der Waals surface area contributed by atoms with Crippen molar-refractivity contribution in [1.29, 1.82) is 0 Å². The number of hydrogen-bond donors (Lipinski definition) is 3. The lowest BCUT2D eigenvalue weighted by Crippen LogP contribution is -2.12. The lowest BCUT2D eigenvalue weighted by Gasteiger charge is -2.15. The third-order valence-electron chi connectivity index (χ3n) is 4.96. The van der Waals surface area contributed by atoms with Crippen molar-refractivity contribution < 1.29 is 19.4 Å². The molecule has 4 rings (SSSR count). The van der Waals surface area contributed by atoms with E-state index in [0.717, 1.165) is 5.39 Å². The van der Waals surface area contributed by atoms with Crippen LogP contribution in [0.5, 0.6) is 17.2 Å². The van der Waals surface area contributed by atoms with Crippen LogP contribution in [0, 0.1) is 0 Å². The maximum absolute atomic E-state index is 12.8. The van der Waals surface area contributed by atoms with Gasteiger partial charge in [0.05, 0.1) is 31.1 Å². The molecule has 8 heteroatoms. The Kier molecular flexibility index (Phi) is 5.76. The number of nitrogens with zero attached hydrogens (tertiary/aromatic N) is 2. The SMILES string of the molecule is CNc1nc(-c2ccccc2NC(=O)c2cccc(O)c2)c2cc(OC)c(OC)cc2n1. The highest BCUT2D eigenvalue weighted by Gasteiger charge is 2.18. The van der Waals surface area contributed by atoms with E-state index in [4.69, 9.17) is 9.47 Å². The van der Waals surface area contributed by atoms with Crippen molar-refractivity contribution in [3.8, 4) is 28.5 Å². The monoisotopic (exact) mass is 430 g/mol. The Morgan fingerprint density at radius 1 is 0.938 bits per heavy atom. The summed E-state index contributed by atoms with van der Waals surface area (Å²) >= 11 is 0. The lowest BCUT2D eigenvalue weighted by molar-refractivity contribution is 0.102. The normalized spacial score (nSPS) is 10.6. The molecule has 0 fully saturated rings. The Hall–Kier alpha value is -4.33.